The Morgan fingerprint density at radius 2 is 2.20 bits per heavy atom. The SMILES string of the molecule is CC(=O)N1CCCOCC1. The van der Waals surface area contributed by atoms with Gasteiger partial charge in [-0.2, -0.15) is 0 Å². The molecule has 0 aliphatic carbocycles. The van der Waals surface area contributed by atoms with Crippen LogP contribution in [0.15, 0.2) is 0 Å². The van der Waals surface area contributed by atoms with Crippen molar-refractivity contribution in [2.75, 3.05) is 26.3 Å². The first-order valence-corrected chi connectivity index (χ1v) is 3.64. The summed E-state index contributed by atoms with van der Waals surface area (Å²) in [5.41, 5.74) is 0. The molecule has 0 aromatic heterocycles. The molecule has 0 aromatic carbocycles. The van der Waals surface area contributed by atoms with Crippen molar-refractivity contribution in [2.24, 2.45) is 0 Å². The Hall–Kier alpha value is -0.570. The maximum absolute atomic E-state index is 10.8. The first-order chi connectivity index (χ1) is 4.80. The Morgan fingerprint density at radius 3 is 2.90 bits per heavy atom. The van der Waals surface area contributed by atoms with Crippen LogP contribution in [-0.2, 0) is 9.53 Å². The number of rotatable bonds is 0. The molecule has 1 saturated heterocycles. The zero-order valence-corrected chi connectivity index (χ0v) is 6.30. The summed E-state index contributed by atoms with van der Waals surface area (Å²) in [7, 11) is 0. The van der Waals surface area contributed by atoms with Crippen LogP contribution in [0.5, 0.6) is 0 Å². The summed E-state index contributed by atoms with van der Waals surface area (Å²) < 4.78 is 5.18. The molecule has 1 amide bonds. The third-order valence-electron chi connectivity index (χ3n) is 1.67. The maximum Gasteiger partial charge on any atom is 0.219 e. The lowest BCUT2D eigenvalue weighted by Crippen LogP contribution is -2.30. The fourth-order valence-electron chi connectivity index (χ4n) is 1.06. The fraction of sp³-hybridized carbons (Fsp3) is 0.857. The average Bonchev–Trinajstić information content (AvgIpc) is 2.12. The summed E-state index contributed by atoms with van der Waals surface area (Å²) in [6.45, 7) is 4.71. The molecule has 0 atom stereocenters. The molecule has 10 heavy (non-hydrogen) atoms. The highest BCUT2D eigenvalue weighted by Crippen LogP contribution is 1.98. The van der Waals surface area contributed by atoms with E-state index in [1.165, 1.54) is 0 Å². The molecule has 0 saturated carbocycles. The van der Waals surface area contributed by atoms with Crippen LogP contribution in [0.1, 0.15) is 13.3 Å². The summed E-state index contributed by atoms with van der Waals surface area (Å²) >= 11 is 0. The highest BCUT2D eigenvalue weighted by Gasteiger charge is 2.10. The molecule has 0 N–H and O–H groups in total. The Balaban J connectivity index is 2.35. The lowest BCUT2D eigenvalue weighted by molar-refractivity contribution is -0.128. The van der Waals surface area contributed by atoms with E-state index < -0.39 is 0 Å². The molecule has 0 radical (unpaired) electrons. The number of ether oxygens (including phenoxy) is 1. The molecule has 1 aliphatic heterocycles. The van der Waals surface area contributed by atoms with Gasteiger partial charge in [0.15, 0.2) is 0 Å². The van der Waals surface area contributed by atoms with Gasteiger partial charge in [-0.3, -0.25) is 4.79 Å². The van der Waals surface area contributed by atoms with Crippen molar-refractivity contribution >= 4 is 5.91 Å². The van der Waals surface area contributed by atoms with Crippen LogP contribution in [0.3, 0.4) is 0 Å². The van der Waals surface area contributed by atoms with Crippen LogP contribution in [-0.4, -0.2) is 37.1 Å². The van der Waals surface area contributed by atoms with Gasteiger partial charge in [0.2, 0.25) is 5.91 Å². The van der Waals surface area contributed by atoms with E-state index in [9.17, 15) is 4.79 Å². The molecule has 1 heterocycles. The van der Waals surface area contributed by atoms with E-state index >= 15 is 0 Å². The molecule has 3 nitrogen and oxygen atoms in total. The molecule has 3 heteroatoms. The normalized spacial score (nSPS) is 20.3. The Morgan fingerprint density at radius 1 is 1.40 bits per heavy atom. The summed E-state index contributed by atoms with van der Waals surface area (Å²) in [5, 5.41) is 0. The van der Waals surface area contributed by atoms with E-state index in [2.05, 4.69) is 0 Å². The van der Waals surface area contributed by atoms with Gasteiger partial charge < -0.3 is 9.64 Å². The lowest BCUT2D eigenvalue weighted by atomic mass is 10.4. The van der Waals surface area contributed by atoms with Crippen LogP contribution in [0.25, 0.3) is 0 Å². The van der Waals surface area contributed by atoms with Gasteiger partial charge in [0.1, 0.15) is 0 Å². The van der Waals surface area contributed by atoms with Crippen molar-refractivity contribution in [1.82, 2.24) is 4.90 Å². The predicted octanol–water partition coefficient (Wildman–Crippen LogP) is 0.255. The molecule has 0 bridgehead atoms. The average molecular weight is 143 g/mol. The Kier molecular flexibility index (Phi) is 2.68. The zero-order chi connectivity index (χ0) is 7.40. The number of nitrogens with zero attached hydrogens (tertiary/aromatic N) is 1. The molecule has 58 valence electrons. The Bertz CT molecular complexity index is 117. The third-order valence-corrected chi connectivity index (χ3v) is 1.67. The standard InChI is InChI=1S/C7H13NO2/c1-7(9)8-3-2-5-10-6-4-8/h2-6H2,1H3. The summed E-state index contributed by atoms with van der Waals surface area (Å²) in [6, 6.07) is 0. The monoisotopic (exact) mass is 143 g/mol. The van der Waals surface area contributed by atoms with Gasteiger partial charge in [0, 0.05) is 26.6 Å². The van der Waals surface area contributed by atoms with Crippen molar-refractivity contribution in [3.05, 3.63) is 0 Å². The van der Waals surface area contributed by atoms with Gasteiger partial charge in [-0.1, -0.05) is 0 Å². The van der Waals surface area contributed by atoms with Crippen LogP contribution in [0.2, 0.25) is 0 Å². The van der Waals surface area contributed by atoms with E-state index in [1.807, 2.05) is 4.90 Å². The van der Waals surface area contributed by atoms with Crippen molar-refractivity contribution in [3.8, 4) is 0 Å². The van der Waals surface area contributed by atoms with Gasteiger partial charge in [-0.15, -0.1) is 0 Å². The highest BCUT2D eigenvalue weighted by atomic mass is 16.5. The number of amides is 1. The van der Waals surface area contributed by atoms with Crippen molar-refractivity contribution < 1.29 is 9.53 Å². The van der Waals surface area contributed by atoms with E-state index in [1.54, 1.807) is 6.92 Å². The van der Waals surface area contributed by atoms with Crippen LogP contribution in [0.4, 0.5) is 0 Å². The Labute approximate surface area is 61.0 Å². The summed E-state index contributed by atoms with van der Waals surface area (Å²) in [4.78, 5) is 12.6. The molecule has 0 spiro atoms. The van der Waals surface area contributed by atoms with Crippen LogP contribution >= 0.6 is 0 Å². The molecule has 1 aliphatic rings. The quantitative estimate of drug-likeness (QED) is 0.486. The number of hydrogen-bond acceptors (Lipinski definition) is 2. The molecule has 1 rings (SSSR count). The fourth-order valence-corrected chi connectivity index (χ4v) is 1.06. The second-order valence-corrected chi connectivity index (χ2v) is 2.47. The van der Waals surface area contributed by atoms with Crippen molar-refractivity contribution in [2.45, 2.75) is 13.3 Å². The van der Waals surface area contributed by atoms with E-state index in [-0.39, 0.29) is 5.91 Å². The predicted molar refractivity (Wildman–Crippen MR) is 37.7 cm³/mol. The largest absolute Gasteiger partial charge is 0.380 e. The van der Waals surface area contributed by atoms with Crippen LogP contribution in [0, 0.1) is 0 Å². The van der Waals surface area contributed by atoms with Gasteiger partial charge in [-0.25, -0.2) is 0 Å². The second-order valence-electron chi connectivity index (χ2n) is 2.47. The van der Waals surface area contributed by atoms with Gasteiger partial charge >= 0.3 is 0 Å². The van der Waals surface area contributed by atoms with E-state index in [4.69, 9.17) is 4.74 Å². The minimum Gasteiger partial charge on any atom is -0.380 e. The highest BCUT2D eigenvalue weighted by molar-refractivity contribution is 5.73. The van der Waals surface area contributed by atoms with Gasteiger partial charge in [0.25, 0.3) is 0 Å². The van der Waals surface area contributed by atoms with Crippen molar-refractivity contribution in [1.29, 1.82) is 0 Å². The number of carbonyl (C=O) groups is 1. The third kappa shape index (κ3) is 1.99. The first-order valence-electron chi connectivity index (χ1n) is 3.64. The molecule has 1 fully saturated rings. The van der Waals surface area contributed by atoms with Crippen LogP contribution < -0.4 is 0 Å². The van der Waals surface area contributed by atoms with Crippen molar-refractivity contribution in [3.63, 3.8) is 0 Å². The lowest BCUT2D eigenvalue weighted by Gasteiger charge is -2.16. The number of carbonyl (C=O) groups excluding carboxylic acids is 1. The maximum atomic E-state index is 10.8. The zero-order valence-electron chi connectivity index (χ0n) is 6.30. The topological polar surface area (TPSA) is 29.5 Å². The number of hydrogen-bond donors (Lipinski definition) is 0. The summed E-state index contributed by atoms with van der Waals surface area (Å²) in [5.74, 6) is 0.158. The molecule has 0 unspecified atom stereocenters. The first kappa shape index (κ1) is 7.54. The second kappa shape index (κ2) is 3.56. The summed E-state index contributed by atoms with van der Waals surface area (Å²) in [6.07, 6.45) is 0.972. The minimum atomic E-state index is 0.158. The molecular weight excluding hydrogens is 130 g/mol. The molecule has 0 aromatic rings. The van der Waals surface area contributed by atoms with Gasteiger partial charge in [-0.05, 0) is 6.42 Å². The van der Waals surface area contributed by atoms with E-state index in [0.29, 0.717) is 6.61 Å². The molecular formula is C7H13NO2. The van der Waals surface area contributed by atoms with Gasteiger partial charge in [0.05, 0.1) is 6.61 Å². The minimum absolute atomic E-state index is 0.158. The van der Waals surface area contributed by atoms with E-state index in [0.717, 1.165) is 26.1 Å². The smallest absolute Gasteiger partial charge is 0.219 e.